The van der Waals surface area contributed by atoms with Crippen LogP contribution in [0, 0.1) is 11.6 Å². The smallest absolute Gasteiger partial charge is 0.336 e. The van der Waals surface area contributed by atoms with Crippen LogP contribution in [-0.2, 0) is 4.79 Å². The standard InChI is InChI=1S/C18H14F2O3/c1-23-16-7-3-5-13(17(16)20)4-2-6-15(18(21)22)12-8-10-14(19)11-9-12/h2-11H,1H3,(H,21,22). The van der Waals surface area contributed by atoms with Gasteiger partial charge in [0, 0.05) is 5.56 Å². The van der Waals surface area contributed by atoms with Crippen LogP contribution in [0.4, 0.5) is 8.78 Å². The van der Waals surface area contributed by atoms with Crippen LogP contribution >= 0.6 is 0 Å². The molecule has 0 radical (unpaired) electrons. The molecule has 0 amide bonds. The van der Waals surface area contributed by atoms with E-state index >= 15 is 0 Å². The molecule has 0 aliphatic carbocycles. The first kappa shape index (κ1) is 16.4. The fraction of sp³-hybridized carbons (Fsp3) is 0.0556. The van der Waals surface area contributed by atoms with Gasteiger partial charge in [-0.25, -0.2) is 13.6 Å². The number of hydrogen-bond donors (Lipinski definition) is 1. The molecule has 118 valence electrons. The van der Waals surface area contributed by atoms with Gasteiger partial charge in [0.2, 0.25) is 0 Å². The SMILES string of the molecule is COc1cccc(C=CC=C(C(=O)O)c2ccc(F)cc2)c1F. The van der Waals surface area contributed by atoms with Gasteiger partial charge in [0.1, 0.15) is 5.82 Å². The molecular formula is C18H14F2O3. The Morgan fingerprint density at radius 1 is 1.13 bits per heavy atom. The quantitative estimate of drug-likeness (QED) is 0.665. The molecule has 2 aromatic carbocycles. The molecule has 0 heterocycles. The molecule has 0 atom stereocenters. The lowest BCUT2D eigenvalue weighted by molar-refractivity contribution is -0.130. The normalized spacial score (nSPS) is 11.7. The van der Waals surface area contributed by atoms with Crippen molar-refractivity contribution in [1.82, 2.24) is 0 Å². The summed E-state index contributed by atoms with van der Waals surface area (Å²) in [5.74, 6) is -2.04. The number of halogens is 2. The van der Waals surface area contributed by atoms with E-state index in [4.69, 9.17) is 4.74 Å². The molecule has 2 aromatic rings. The van der Waals surface area contributed by atoms with E-state index in [-0.39, 0.29) is 16.9 Å². The van der Waals surface area contributed by atoms with Crippen molar-refractivity contribution in [2.75, 3.05) is 7.11 Å². The van der Waals surface area contributed by atoms with Gasteiger partial charge in [-0.05, 0) is 29.8 Å². The minimum atomic E-state index is -1.16. The highest BCUT2D eigenvalue weighted by Crippen LogP contribution is 2.21. The number of ether oxygens (including phenoxy) is 1. The van der Waals surface area contributed by atoms with Crippen LogP contribution in [-0.4, -0.2) is 18.2 Å². The van der Waals surface area contributed by atoms with Crippen molar-refractivity contribution >= 4 is 17.6 Å². The van der Waals surface area contributed by atoms with Gasteiger partial charge in [-0.2, -0.15) is 0 Å². The van der Waals surface area contributed by atoms with Crippen molar-refractivity contribution in [1.29, 1.82) is 0 Å². The van der Waals surface area contributed by atoms with Gasteiger partial charge in [0.15, 0.2) is 11.6 Å². The largest absolute Gasteiger partial charge is 0.494 e. The molecule has 0 aromatic heterocycles. The minimum absolute atomic E-state index is 0.0236. The molecule has 0 fully saturated rings. The molecule has 0 bridgehead atoms. The Morgan fingerprint density at radius 2 is 1.83 bits per heavy atom. The maximum absolute atomic E-state index is 14.0. The van der Waals surface area contributed by atoms with Crippen LogP contribution in [0.25, 0.3) is 11.6 Å². The first-order valence-electron chi connectivity index (χ1n) is 6.73. The van der Waals surface area contributed by atoms with Gasteiger partial charge in [-0.3, -0.25) is 0 Å². The molecule has 3 nitrogen and oxygen atoms in total. The number of carboxylic acid groups (broad SMARTS) is 1. The summed E-state index contributed by atoms with van der Waals surface area (Å²) in [6.07, 6.45) is 4.18. The first-order chi connectivity index (χ1) is 11.0. The Balaban J connectivity index is 2.31. The number of allylic oxidation sites excluding steroid dienone is 2. The third kappa shape index (κ3) is 4.03. The number of methoxy groups -OCH3 is 1. The van der Waals surface area contributed by atoms with E-state index < -0.39 is 17.6 Å². The fourth-order valence-corrected chi connectivity index (χ4v) is 1.98. The predicted octanol–water partition coefficient (Wildman–Crippen LogP) is 4.15. The van der Waals surface area contributed by atoms with Crippen molar-refractivity contribution in [2.45, 2.75) is 0 Å². The molecule has 0 unspecified atom stereocenters. The molecule has 0 aliphatic rings. The predicted molar refractivity (Wildman–Crippen MR) is 84.0 cm³/mol. The highest BCUT2D eigenvalue weighted by atomic mass is 19.1. The molecule has 0 saturated heterocycles. The summed E-state index contributed by atoms with van der Waals surface area (Å²) in [4.78, 5) is 11.3. The Hall–Kier alpha value is -2.95. The van der Waals surface area contributed by atoms with Gasteiger partial charge in [-0.1, -0.05) is 36.4 Å². The first-order valence-corrected chi connectivity index (χ1v) is 6.73. The van der Waals surface area contributed by atoms with E-state index in [9.17, 15) is 18.7 Å². The summed E-state index contributed by atoms with van der Waals surface area (Å²) in [6, 6.07) is 9.76. The van der Waals surface area contributed by atoms with Crippen molar-refractivity contribution < 1.29 is 23.4 Å². The fourth-order valence-electron chi connectivity index (χ4n) is 1.98. The lowest BCUT2D eigenvalue weighted by Gasteiger charge is -2.03. The van der Waals surface area contributed by atoms with Gasteiger partial charge in [0.25, 0.3) is 0 Å². The van der Waals surface area contributed by atoms with E-state index in [0.717, 1.165) is 0 Å². The molecule has 2 rings (SSSR count). The van der Waals surface area contributed by atoms with E-state index in [1.807, 2.05) is 0 Å². The molecule has 23 heavy (non-hydrogen) atoms. The van der Waals surface area contributed by atoms with Gasteiger partial charge in [-0.15, -0.1) is 0 Å². The third-order valence-electron chi connectivity index (χ3n) is 3.14. The van der Waals surface area contributed by atoms with Crippen molar-refractivity contribution in [2.24, 2.45) is 0 Å². The number of rotatable bonds is 5. The Kier molecular flexibility index (Phi) is 5.25. The van der Waals surface area contributed by atoms with Crippen LogP contribution in [0.5, 0.6) is 5.75 Å². The zero-order valence-corrected chi connectivity index (χ0v) is 12.3. The number of benzene rings is 2. The van der Waals surface area contributed by atoms with Crippen molar-refractivity contribution in [3.05, 3.63) is 77.4 Å². The average molecular weight is 316 g/mol. The highest BCUT2D eigenvalue weighted by molar-refractivity contribution is 6.15. The Labute approximate surface area is 132 Å². The molecule has 5 heteroatoms. The maximum atomic E-state index is 14.0. The lowest BCUT2D eigenvalue weighted by Crippen LogP contribution is -1.99. The molecule has 0 aliphatic heterocycles. The minimum Gasteiger partial charge on any atom is -0.494 e. The zero-order valence-electron chi connectivity index (χ0n) is 12.3. The molecule has 1 N–H and O–H groups in total. The molecule has 0 saturated carbocycles. The monoisotopic (exact) mass is 316 g/mol. The Bertz CT molecular complexity index is 762. The second-order valence-corrected chi connectivity index (χ2v) is 4.61. The zero-order chi connectivity index (χ0) is 16.8. The number of aliphatic carboxylic acids is 1. The van der Waals surface area contributed by atoms with Crippen LogP contribution in [0.3, 0.4) is 0 Å². The van der Waals surface area contributed by atoms with E-state index in [1.165, 1.54) is 55.7 Å². The summed E-state index contributed by atoms with van der Waals surface area (Å²) >= 11 is 0. The lowest BCUT2D eigenvalue weighted by atomic mass is 10.1. The van der Waals surface area contributed by atoms with Crippen LogP contribution in [0.1, 0.15) is 11.1 Å². The second kappa shape index (κ2) is 7.35. The van der Waals surface area contributed by atoms with E-state index in [0.29, 0.717) is 5.56 Å². The summed E-state index contributed by atoms with van der Waals surface area (Å²) < 4.78 is 31.8. The number of hydrogen-bond acceptors (Lipinski definition) is 2. The average Bonchev–Trinajstić information content (AvgIpc) is 2.54. The van der Waals surface area contributed by atoms with Crippen LogP contribution in [0.15, 0.2) is 54.6 Å². The van der Waals surface area contributed by atoms with Gasteiger partial charge in [0.05, 0.1) is 12.7 Å². The van der Waals surface area contributed by atoms with E-state index in [2.05, 4.69) is 0 Å². The highest BCUT2D eigenvalue weighted by Gasteiger charge is 2.09. The van der Waals surface area contributed by atoms with Crippen molar-refractivity contribution in [3.63, 3.8) is 0 Å². The summed E-state index contributed by atoms with van der Waals surface area (Å²) in [5.41, 5.74) is 0.601. The topological polar surface area (TPSA) is 46.5 Å². The molecular weight excluding hydrogens is 302 g/mol. The Morgan fingerprint density at radius 3 is 2.43 bits per heavy atom. The number of carbonyl (C=O) groups is 1. The molecule has 0 spiro atoms. The van der Waals surface area contributed by atoms with Crippen LogP contribution in [0.2, 0.25) is 0 Å². The second-order valence-electron chi connectivity index (χ2n) is 4.61. The van der Waals surface area contributed by atoms with Crippen molar-refractivity contribution in [3.8, 4) is 5.75 Å². The van der Waals surface area contributed by atoms with Crippen LogP contribution < -0.4 is 4.74 Å². The van der Waals surface area contributed by atoms with E-state index in [1.54, 1.807) is 12.1 Å². The van der Waals surface area contributed by atoms with Gasteiger partial charge < -0.3 is 9.84 Å². The maximum Gasteiger partial charge on any atom is 0.336 e. The van der Waals surface area contributed by atoms with Gasteiger partial charge >= 0.3 is 5.97 Å². The summed E-state index contributed by atoms with van der Waals surface area (Å²) in [6.45, 7) is 0. The summed E-state index contributed by atoms with van der Waals surface area (Å²) in [7, 11) is 1.36. The summed E-state index contributed by atoms with van der Waals surface area (Å²) in [5, 5.41) is 9.24. The third-order valence-corrected chi connectivity index (χ3v) is 3.14. The number of carboxylic acids is 1.